The van der Waals surface area contributed by atoms with Crippen LogP contribution in [-0.4, -0.2) is 75.3 Å². The number of phenols is 1. The fourth-order valence-electron chi connectivity index (χ4n) is 4.67. The number of rotatable bonds is 13. The Labute approximate surface area is 236 Å². The Morgan fingerprint density at radius 2 is 1.62 bits per heavy atom. The molecule has 0 aliphatic carbocycles. The summed E-state index contributed by atoms with van der Waals surface area (Å²) in [6, 6.07) is 1.71. The van der Waals surface area contributed by atoms with E-state index < -0.39 is 48.0 Å². The highest BCUT2D eigenvalue weighted by atomic mass is 16.3. The molecule has 6 atom stereocenters. The van der Waals surface area contributed by atoms with Crippen LogP contribution in [0.15, 0.2) is 24.3 Å². The monoisotopic (exact) mass is 560 g/mol. The lowest BCUT2D eigenvalue weighted by atomic mass is 9.95. The number of carbonyl (C=O) groups is 5. The summed E-state index contributed by atoms with van der Waals surface area (Å²) in [5.41, 5.74) is 0.359. The molecule has 0 aromatic heterocycles. The molecular formula is C29H44N4O7. The smallest absolute Gasteiger partial charge is 0.247 e. The Kier molecular flexibility index (Phi) is 12.1. The highest BCUT2D eigenvalue weighted by Gasteiger charge is 2.42. The first-order chi connectivity index (χ1) is 18.7. The number of aliphatic hydroxyl groups is 1. The van der Waals surface area contributed by atoms with Gasteiger partial charge in [0.15, 0.2) is 5.78 Å². The zero-order valence-electron chi connectivity index (χ0n) is 24.3. The molecule has 1 aromatic rings. The van der Waals surface area contributed by atoms with Gasteiger partial charge in [0.1, 0.15) is 23.9 Å². The van der Waals surface area contributed by atoms with Gasteiger partial charge in [0, 0.05) is 19.4 Å². The van der Waals surface area contributed by atoms with E-state index in [0.29, 0.717) is 24.3 Å². The number of ketones is 1. The first-order valence-electron chi connectivity index (χ1n) is 13.9. The van der Waals surface area contributed by atoms with Gasteiger partial charge in [-0.3, -0.25) is 24.0 Å². The van der Waals surface area contributed by atoms with Gasteiger partial charge in [-0.1, -0.05) is 46.2 Å². The van der Waals surface area contributed by atoms with Crippen molar-refractivity contribution in [3.8, 4) is 5.75 Å². The van der Waals surface area contributed by atoms with Crippen molar-refractivity contribution in [3.63, 3.8) is 0 Å². The Balaban J connectivity index is 2.24. The van der Waals surface area contributed by atoms with Crippen molar-refractivity contribution < 1.29 is 34.2 Å². The number of hydrogen-bond donors (Lipinski definition) is 5. The van der Waals surface area contributed by atoms with Crippen molar-refractivity contribution in [1.82, 2.24) is 20.9 Å². The Bertz CT molecular complexity index is 1060. The van der Waals surface area contributed by atoms with Gasteiger partial charge in [-0.05, 0) is 49.8 Å². The molecule has 0 spiro atoms. The lowest BCUT2D eigenvalue weighted by Crippen LogP contribution is -2.54. The SMILES string of the molecule is CC[C@H](C)C(NC(=O)C(NC(=O)C1CC(O)CN1C(=O)[C@H](C)NC(=O)CCC(C)C)c1ccc(O)cc1)C(C)=O. The standard InChI is InChI=1S/C29H44N4O7/c1-7-17(4)25(19(6)34)31-28(39)26(20-9-11-21(35)12-10-20)32-27(38)23-14-22(36)15-33(23)29(40)18(5)30-24(37)13-8-16(2)3/h9-12,16-18,22-23,25-26,35-36H,7-8,13-15H2,1-6H3,(H,30,37)(H,31,39)(H,32,38)/t17-,18-,22?,23?,25?,26?/m0/s1. The molecule has 11 nitrogen and oxygen atoms in total. The normalized spacial score (nSPS) is 19.9. The number of hydrogen-bond acceptors (Lipinski definition) is 7. The molecule has 11 heteroatoms. The Morgan fingerprint density at radius 1 is 1.00 bits per heavy atom. The summed E-state index contributed by atoms with van der Waals surface area (Å²) in [5.74, 6) is -2.16. The number of carbonyl (C=O) groups excluding carboxylic acids is 5. The number of phenolic OH excluding ortho intramolecular Hbond substituents is 1. The summed E-state index contributed by atoms with van der Waals surface area (Å²) < 4.78 is 0. The maximum absolute atomic E-state index is 13.5. The summed E-state index contributed by atoms with van der Waals surface area (Å²) in [7, 11) is 0. The van der Waals surface area contributed by atoms with Crippen molar-refractivity contribution in [3.05, 3.63) is 29.8 Å². The fourth-order valence-corrected chi connectivity index (χ4v) is 4.67. The molecule has 4 unspecified atom stereocenters. The van der Waals surface area contributed by atoms with Gasteiger partial charge in [0.25, 0.3) is 0 Å². The molecule has 0 radical (unpaired) electrons. The third-order valence-electron chi connectivity index (χ3n) is 7.29. The van der Waals surface area contributed by atoms with Crippen LogP contribution in [0.25, 0.3) is 0 Å². The van der Waals surface area contributed by atoms with E-state index in [0.717, 1.165) is 0 Å². The van der Waals surface area contributed by atoms with Crippen molar-refractivity contribution in [1.29, 1.82) is 0 Å². The topological polar surface area (TPSA) is 165 Å². The minimum Gasteiger partial charge on any atom is -0.508 e. The highest BCUT2D eigenvalue weighted by molar-refractivity contribution is 5.96. The van der Waals surface area contributed by atoms with Crippen LogP contribution in [0.3, 0.4) is 0 Å². The molecule has 1 fully saturated rings. The predicted molar refractivity (Wildman–Crippen MR) is 149 cm³/mol. The van der Waals surface area contributed by atoms with Crippen molar-refractivity contribution in [2.45, 2.75) is 97.5 Å². The lowest BCUT2D eigenvalue weighted by molar-refractivity contribution is -0.142. The molecule has 222 valence electrons. The molecule has 5 N–H and O–H groups in total. The van der Waals surface area contributed by atoms with Crippen LogP contribution >= 0.6 is 0 Å². The van der Waals surface area contributed by atoms with Gasteiger partial charge in [-0.15, -0.1) is 0 Å². The van der Waals surface area contributed by atoms with Crippen LogP contribution in [-0.2, 0) is 24.0 Å². The van der Waals surface area contributed by atoms with Crippen LogP contribution < -0.4 is 16.0 Å². The summed E-state index contributed by atoms with van der Waals surface area (Å²) in [4.78, 5) is 65.9. The van der Waals surface area contributed by atoms with Crippen LogP contribution in [0.5, 0.6) is 5.75 Å². The average Bonchev–Trinajstić information content (AvgIpc) is 3.30. The van der Waals surface area contributed by atoms with Crippen LogP contribution in [0.4, 0.5) is 0 Å². The average molecular weight is 561 g/mol. The lowest BCUT2D eigenvalue weighted by Gasteiger charge is -2.29. The molecule has 0 bridgehead atoms. The third-order valence-corrected chi connectivity index (χ3v) is 7.29. The van der Waals surface area contributed by atoms with Gasteiger partial charge in [-0.2, -0.15) is 0 Å². The summed E-state index contributed by atoms with van der Waals surface area (Å²) >= 11 is 0. The summed E-state index contributed by atoms with van der Waals surface area (Å²) in [5, 5.41) is 28.1. The number of nitrogens with one attached hydrogen (secondary N) is 3. The first kappa shape index (κ1) is 32.7. The number of β-amino-alcohol motifs (C(OH)–C–C–N with tert-alkyl or cyclic N) is 1. The Hall–Kier alpha value is -3.47. The number of likely N-dealkylation sites (tertiary alicyclic amines) is 1. The van der Waals surface area contributed by atoms with Crippen molar-refractivity contribution in [2.24, 2.45) is 11.8 Å². The number of aromatic hydroxyl groups is 1. The quantitative estimate of drug-likeness (QED) is 0.244. The van der Waals surface area contributed by atoms with Crippen LogP contribution in [0.1, 0.15) is 78.8 Å². The zero-order valence-corrected chi connectivity index (χ0v) is 24.3. The molecular weight excluding hydrogens is 516 g/mol. The second-order valence-corrected chi connectivity index (χ2v) is 11.1. The molecule has 0 saturated carbocycles. The third kappa shape index (κ3) is 9.04. The van der Waals surface area contributed by atoms with Crippen molar-refractivity contribution >= 4 is 29.4 Å². The summed E-state index contributed by atoms with van der Waals surface area (Å²) in [6.07, 6.45) is 0.575. The number of aliphatic hydroxyl groups excluding tert-OH is 1. The highest BCUT2D eigenvalue weighted by Crippen LogP contribution is 2.23. The number of amides is 4. The molecule has 40 heavy (non-hydrogen) atoms. The van der Waals surface area contributed by atoms with Crippen molar-refractivity contribution in [2.75, 3.05) is 6.54 Å². The minimum absolute atomic E-state index is 0.0319. The molecule has 1 aliphatic rings. The largest absolute Gasteiger partial charge is 0.508 e. The molecule has 1 aliphatic heterocycles. The second kappa shape index (κ2) is 14.8. The maximum atomic E-state index is 13.5. The van der Waals surface area contributed by atoms with Gasteiger partial charge in [0.2, 0.25) is 23.6 Å². The van der Waals surface area contributed by atoms with E-state index in [1.54, 1.807) is 0 Å². The number of benzene rings is 1. The molecule has 1 aromatic carbocycles. The molecule has 1 heterocycles. The maximum Gasteiger partial charge on any atom is 0.247 e. The first-order valence-corrected chi connectivity index (χ1v) is 13.9. The van der Waals surface area contributed by atoms with Crippen LogP contribution in [0.2, 0.25) is 0 Å². The van der Waals surface area contributed by atoms with E-state index in [1.165, 1.54) is 43.0 Å². The molecule has 2 rings (SSSR count). The zero-order chi connectivity index (χ0) is 30.1. The van der Waals surface area contributed by atoms with Gasteiger partial charge in [-0.25, -0.2) is 0 Å². The van der Waals surface area contributed by atoms with E-state index in [4.69, 9.17) is 0 Å². The van der Waals surface area contributed by atoms with Gasteiger partial charge < -0.3 is 31.1 Å². The van der Waals surface area contributed by atoms with E-state index in [1.807, 2.05) is 27.7 Å². The van der Waals surface area contributed by atoms with E-state index >= 15 is 0 Å². The Morgan fingerprint density at radius 3 is 2.17 bits per heavy atom. The van der Waals surface area contributed by atoms with E-state index in [9.17, 15) is 34.2 Å². The van der Waals surface area contributed by atoms with E-state index in [2.05, 4.69) is 16.0 Å². The fraction of sp³-hybridized carbons (Fsp3) is 0.621. The number of Topliss-reactive ketones (excluding diaryl/α,β-unsaturated/α-hetero) is 1. The van der Waals surface area contributed by atoms with Crippen LogP contribution in [0, 0.1) is 11.8 Å². The van der Waals surface area contributed by atoms with Gasteiger partial charge >= 0.3 is 0 Å². The summed E-state index contributed by atoms with van der Waals surface area (Å²) in [6.45, 7) is 10.5. The minimum atomic E-state index is -1.23. The predicted octanol–water partition coefficient (Wildman–Crippen LogP) is 1.57. The molecule has 1 saturated heterocycles. The van der Waals surface area contributed by atoms with Gasteiger partial charge in [0.05, 0.1) is 12.1 Å². The van der Waals surface area contributed by atoms with E-state index in [-0.39, 0.29) is 42.7 Å². The number of nitrogens with zero attached hydrogens (tertiary/aromatic N) is 1. The second-order valence-electron chi connectivity index (χ2n) is 11.1. The molecule has 4 amide bonds.